The fourth-order valence-electron chi connectivity index (χ4n) is 2.85. The normalized spacial score (nSPS) is 11.8. The third-order valence-electron chi connectivity index (χ3n) is 4.22. The molecular formula is C20H28O3S. The van der Waals surface area contributed by atoms with Crippen LogP contribution in [0.25, 0.3) is 10.8 Å². The van der Waals surface area contributed by atoms with Crippen LogP contribution in [0.3, 0.4) is 0 Å². The molecule has 0 unspecified atom stereocenters. The van der Waals surface area contributed by atoms with Crippen molar-refractivity contribution in [3.8, 4) is 5.75 Å². The molecule has 4 heteroatoms. The van der Waals surface area contributed by atoms with Crippen LogP contribution in [-0.4, -0.2) is 14.2 Å². The van der Waals surface area contributed by atoms with Crippen molar-refractivity contribution >= 4 is 20.9 Å². The summed E-state index contributed by atoms with van der Waals surface area (Å²) in [5, 5.41) is 1.89. The van der Waals surface area contributed by atoms with Gasteiger partial charge in [0, 0.05) is 5.39 Å². The van der Waals surface area contributed by atoms with Crippen LogP contribution < -0.4 is 4.18 Å². The number of rotatable bonds is 10. The fourth-order valence-corrected chi connectivity index (χ4v) is 3.94. The first-order chi connectivity index (χ1) is 11.6. The van der Waals surface area contributed by atoms with Gasteiger partial charge in [0.25, 0.3) is 0 Å². The van der Waals surface area contributed by atoms with Crippen molar-refractivity contribution in [2.45, 2.75) is 58.8 Å². The molecule has 0 atom stereocenters. The van der Waals surface area contributed by atoms with Crippen LogP contribution in [0.15, 0.2) is 36.4 Å². The zero-order valence-electron chi connectivity index (χ0n) is 14.8. The van der Waals surface area contributed by atoms with Gasteiger partial charge in [-0.05, 0) is 30.2 Å². The predicted molar refractivity (Wildman–Crippen MR) is 101 cm³/mol. The van der Waals surface area contributed by atoms with Crippen LogP contribution in [-0.2, 0) is 16.5 Å². The van der Waals surface area contributed by atoms with Gasteiger partial charge in [0.2, 0.25) is 0 Å². The van der Waals surface area contributed by atoms with E-state index in [0.29, 0.717) is 12.2 Å². The Bertz CT molecular complexity index is 751. The molecule has 0 N–H and O–H groups in total. The third kappa shape index (κ3) is 5.23. The molecule has 0 saturated carbocycles. The van der Waals surface area contributed by atoms with Crippen molar-refractivity contribution in [2.75, 3.05) is 5.75 Å². The average molecular weight is 349 g/mol. The molecule has 132 valence electrons. The molecule has 24 heavy (non-hydrogen) atoms. The summed E-state index contributed by atoms with van der Waals surface area (Å²) in [6.07, 6.45) is 6.70. The van der Waals surface area contributed by atoms with E-state index in [1.165, 1.54) is 0 Å². The zero-order valence-corrected chi connectivity index (χ0v) is 15.6. The van der Waals surface area contributed by atoms with E-state index in [0.717, 1.165) is 54.9 Å². The van der Waals surface area contributed by atoms with E-state index in [1.54, 1.807) is 0 Å². The SMILES string of the molecule is CCCCCc1ccc2ccccc2c1OS(=O)(=O)CCCCC. The first-order valence-corrected chi connectivity index (χ1v) is 10.6. The lowest BCUT2D eigenvalue weighted by molar-refractivity contribution is 0.481. The van der Waals surface area contributed by atoms with Gasteiger partial charge in [0.05, 0.1) is 5.75 Å². The molecule has 0 heterocycles. The average Bonchev–Trinajstić information content (AvgIpc) is 2.57. The smallest absolute Gasteiger partial charge is 0.309 e. The highest BCUT2D eigenvalue weighted by molar-refractivity contribution is 7.87. The molecule has 0 bridgehead atoms. The Hall–Kier alpha value is -1.55. The minimum Gasteiger partial charge on any atom is -0.381 e. The van der Waals surface area contributed by atoms with Gasteiger partial charge in [-0.2, -0.15) is 8.42 Å². The second-order valence-corrected chi connectivity index (χ2v) is 7.97. The van der Waals surface area contributed by atoms with E-state index in [4.69, 9.17) is 4.18 Å². The molecule has 2 rings (SSSR count). The molecule has 0 saturated heterocycles. The molecule has 2 aromatic carbocycles. The van der Waals surface area contributed by atoms with Gasteiger partial charge in [0.15, 0.2) is 5.75 Å². The Balaban J connectivity index is 2.31. The third-order valence-corrected chi connectivity index (χ3v) is 5.43. The van der Waals surface area contributed by atoms with Crippen molar-refractivity contribution in [1.82, 2.24) is 0 Å². The van der Waals surface area contributed by atoms with E-state index in [2.05, 4.69) is 13.8 Å². The Kier molecular flexibility index (Phi) is 7.10. The van der Waals surface area contributed by atoms with E-state index < -0.39 is 10.1 Å². The number of aryl methyl sites for hydroxylation is 1. The summed E-state index contributed by atoms with van der Waals surface area (Å²) in [5.41, 5.74) is 0.987. The van der Waals surface area contributed by atoms with Crippen LogP contribution in [0.1, 0.15) is 57.9 Å². The van der Waals surface area contributed by atoms with E-state index in [-0.39, 0.29) is 5.75 Å². The van der Waals surface area contributed by atoms with Gasteiger partial charge in [-0.1, -0.05) is 75.9 Å². The zero-order chi connectivity index (χ0) is 17.4. The number of unbranched alkanes of at least 4 members (excludes halogenated alkanes) is 4. The summed E-state index contributed by atoms with van der Waals surface area (Å²) >= 11 is 0. The van der Waals surface area contributed by atoms with Crippen molar-refractivity contribution in [2.24, 2.45) is 0 Å². The Morgan fingerprint density at radius 2 is 1.58 bits per heavy atom. The maximum Gasteiger partial charge on any atom is 0.309 e. The highest BCUT2D eigenvalue weighted by atomic mass is 32.2. The lowest BCUT2D eigenvalue weighted by Gasteiger charge is -2.14. The standard InChI is InChI=1S/C20H28O3S/c1-3-5-7-12-18-15-14-17-11-8-9-13-19(17)20(18)23-24(21,22)16-10-6-4-2/h8-9,11,13-15H,3-7,10,12,16H2,1-2H3. The van der Waals surface area contributed by atoms with Crippen molar-refractivity contribution < 1.29 is 12.6 Å². The molecule has 0 aromatic heterocycles. The second-order valence-electron chi connectivity index (χ2n) is 6.28. The predicted octanol–water partition coefficient (Wildman–Crippen LogP) is 5.47. The number of fused-ring (bicyclic) bond motifs is 1. The van der Waals surface area contributed by atoms with Gasteiger partial charge >= 0.3 is 10.1 Å². The first kappa shape index (κ1) is 18.8. The van der Waals surface area contributed by atoms with E-state index >= 15 is 0 Å². The van der Waals surface area contributed by atoms with Crippen LogP contribution in [0.2, 0.25) is 0 Å². The monoisotopic (exact) mass is 348 g/mol. The molecule has 3 nitrogen and oxygen atoms in total. The molecule has 0 radical (unpaired) electrons. The van der Waals surface area contributed by atoms with Gasteiger partial charge in [-0.3, -0.25) is 0 Å². The van der Waals surface area contributed by atoms with Crippen molar-refractivity contribution in [1.29, 1.82) is 0 Å². The van der Waals surface area contributed by atoms with Gasteiger partial charge in [-0.15, -0.1) is 0 Å². The van der Waals surface area contributed by atoms with Crippen LogP contribution in [0, 0.1) is 0 Å². The fraction of sp³-hybridized carbons (Fsp3) is 0.500. The largest absolute Gasteiger partial charge is 0.381 e. The van der Waals surface area contributed by atoms with E-state index in [9.17, 15) is 8.42 Å². The quantitative estimate of drug-likeness (QED) is 0.422. The maximum atomic E-state index is 12.4. The molecule has 0 aliphatic rings. The summed E-state index contributed by atoms with van der Waals surface area (Å²) < 4.78 is 30.4. The number of hydrogen-bond acceptors (Lipinski definition) is 3. The molecule has 0 aliphatic carbocycles. The highest BCUT2D eigenvalue weighted by Gasteiger charge is 2.17. The van der Waals surface area contributed by atoms with Gasteiger partial charge in [-0.25, -0.2) is 0 Å². The summed E-state index contributed by atoms with van der Waals surface area (Å²) in [4.78, 5) is 0. The van der Waals surface area contributed by atoms with Gasteiger partial charge < -0.3 is 4.18 Å². The topological polar surface area (TPSA) is 43.4 Å². The molecular weight excluding hydrogens is 320 g/mol. The first-order valence-electron chi connectivity index (χ1n) is 9.00. The Morgan fingerprint density at radius 1 is 0.875 bits per heavy atom. The molecule has 0 aliphatic heterocycles. The minimum atomic E-state index is -3.55. The summed E-state index contributed by atoms with van der Waals surface area (Å²) in [5.74, 6) is 0.610. The lowest BCUT2D eigenvalue weighted by Crippen LogP contribution is -2.15. The number of hydrogen-bond donors (Lipinski definition) is 0. The second kappa shape index (κ2) is 9.07. The Labute approximate surface area is 146 Å². The van der Waals surface area contributed by atoms with Crippen molar-refractivity contribution in [3.05, 3.63) is 42.0 Å². The van der Waals surface area contributed by atoms with E-state index in [1.807, 2.05) is 36.4 Å². The summed E-state index contributed by atoms with van der Waals surface area (Å²) in [6.45, 7) is 4.22. The van der Waals surface area contributed by atoms with Crippen LogP contribution in [0.5, 0.6) is 5.75 Å². The maximum absolute atomic E-state index is 12.4. The summed E-state index contributed by atoms with van der Waals surface area (Å²) in [6, 6.07) is 11.9. The minimum absolute atomic E-state index is 0.0818. The molecule has 0 spiro atoms. The van der Waals surface area contributed by atoms with Crippen molar-refractivity contribution in [3.63, 3.8) is 0 Å². The van der Waals surface area contributed by atoms with Crippen LogP contribution >= 0.6 is 0 Å². The molecule has 0 amide bonds. The van der Waals surface area contributed by atoms with Gasteiger partial charge in [0.1, 0.15) is 0 Å². The number of benzene rings is 2. The Morgan fingerprint density at radius 3 is 2.33 bits per heavy atom. The summed E-state index contributed by atoms with van der Waals surface area (Å²) in [7, 11) is -3.55. The highest BCUT2D eigenvalue weighted by Crippen LogP contribution is 2.32. The van der Waals surface area contributed by atoms with Crippen LogP contribution in [0.4, 0.5) is 0 Å². The molecule has 2 aromatic rings. The lowest BCUT2D eigenvalue weighted by atomic mass is 10.0. The molecule has 0 fully saturated rings.